The first kappa shape index (κ1) is 19.4. The second-order valence-corrected chi connectivity index (χ2v) is 7.41. The Hall–Kier alpha value is 1.40. The van der Waals surface area contributed by atoms with Crippen LogP contribution in [0.5, 0.6) is 0 Å². The van der Waals surface area contributed by atoms with E-state index in [0.717, 1.165) is 17.3 Å². The maximum Gasteiger partial charge on any atom is 0.0130 e. The molecule has 0 nitrogen and oxygen atoms in total. The van der Waals surface area contributed by atoms with Crippen molar-refractivity contribution in [2.75, 3.05) is 17.3 Å². The summed E-state index contributed by atoms with van der Waals surface area (Å²) in [7, 11) is 0. The molecule has 0 aliphatic heterocycles. The minimum Gasteiger partial charge on any atom is -0.179 e. The smallest absolute Gasteiger partial charge is 0.0130 e. The maximum absolute atomic E-state index is 4.98. The molecule has 0 spiro atoms. The summed E-state index contributed by atoms with van der Waals surface area (Å²) in [4.78, 5) is 0. The fourth-order valence-electron chi connectivity index (χ4n) is 2.27. The van der Waals surface area contributed by atoms with Crippen LogP contribution in [0.25, 0.3) is 0 Å². The van der Waals surface area contributed by atoms with Crippen LogP contribution in [-0.2, 0) is 0 Å². The second-order valence-electron chi connectivity index (χ2n) is 5.12. The molecule has 0 aliphatic carbocycles. The summed E-state index contributed by atoms with van der Waals surface area (Å²) in [5.41, 5.74) is 0. The summed E-state index contributed by atoms with van der Waals surface area (Å²) >= 11 is 17.8. The van der Waals surface area contributed by atoms with Crippen LogP contribution in [0.4, 0.5) is 0 Å². The zero-order valence-corrected chi connectivity index (χ0v) is 15.1. The van der Waals surface area contributed by atoms with Gasteiger partial charge >= 0.3 is 0 Å². The third kappa shape index (κ3) is 11.2. The van der Waals surface area contributed by atoms with E-state index in [9.17, 15) is 0 Å². The van der Waals surface area contributed by atoms with E-state index in [1.807, 2.05) is 0 Å². The number of hydrogen-bond acceptors (Lipinski definition) is 4. The average molecular weight is 327 g/mol. The van der Waals surface area contributed by atoms with Gasteiger partial charge < -0.3 is 0 Å². The van der Waals surface area contributed by atoms with E-state index in [0.29, 0.717) is 0 Å². The topological polar surface area (TPSA) is 0 Å². The van der Waals surface area contributed by atoms with Crippen molar-refractivity contribution in [2.45, 2.75) is 69.0 Å². The van der Waals surface area contributed by atoms with Crippen LogP contribution in [0.1, 0.15) is 64.2 Å². The summed E-state index contributed by atoms with van der Waals surface area (Å²) in [6, 6.07) is 0. The lowest BCUT2D eigenvalue weighted by molar-refractivity contribution is 0.432. The van der Waals surface area contributed by atoms with Gasteiger partial charge in [-0.15, -0.1) is 0 Å². The Bertz CT molecular complexity index is 175. The molecule has 0 aliphatic rings. The molecule has 0 saturated carbocycles. The van der Waals surface area contributed by atoms with Gasteiger partial charge in [0, 0.05) is 4.75 Å². The molecule has 0 aromatic heterocycles. The zero-order chi connectivity index (χ0) is 13.7. The van der Waals surface area contributed by atoms with Crippen molar-refractivity contribution >= 4 is 50.5 Å². The molecule has 0 heterocycles. The first-order valence-corrected chi connectivity index (χ1v) is 9.58. The Morgan fingerprint density at radius 1 is 0.500 bits per heavy atom. The standard InChI is InChI=1S/C14H30S4/c15-11-5-2-1-3-8-14(18,10-7-13-17)9-4-6-12-16/h15-18H,1-13H2. The predicted molar refractivity (Wildman–Crippen MR) is 99.4 cm³/mol. The quantitative estimate of drug-likeness (QED) is 0.255. The van der Waals surface area contributed by atoms with Gasteiger partial charge in [0.05, 0.1) is 0 Å². The SMILES string of the molecule is SCCCCCCC(S)(CCCS)CCCCS. The highest BCUT2D eigenvalue weighted by Crippen LogP contribution is 2.33. The Morgan fingerprint density at radius 3 is 1.44 bits per heavy atom. The Balaban J connectivity index is 3.87. The van der Waals surface area contributed by atoms with Crippen LogP contribution in [0, 0.1) is 0 Å². The molecule has 0 bridgehead atoms. The number of hydrogen-bond donors (Lipinski definition) is 4. The Kier molecular flexibility index (Phi) is 14.4. The van der Waals surface area contributed by atoms with Gasteiger partial charge in [0.15, 0.2) is 0 Å². The van der Waals surface area contributed by atoms with E-state index in [1.165, 1.54) is 64.2 Å². The van der Waals surface area contributed by atoms with Crippen LogP contribution >= 0.6 is 50.5 Å². The van der Waals surface area contributed by atoms with E-state index in [2.05, 4.69) is 37.9 Å². The fraction of sp³-hybridized carbons (Fsp3) is 1.00. The summed E-state index contributed by atoms with van der Waals surface area (Å²) in [5.74, 6) is 3.00. The second kappa shape index (κ2) is 13.4. The average Bonchev–Trinajstić information content (AvgIpc) is 2.37. The van der Waals surface area contributed by atoms with Crippen molar-refractivity contribution in [1.82, 2.24) is 0 Å². The first-order valence-electron chi connectivity index (χ1n) is 7.23. The van der Waals surface area contributed by atoms with Gasteiger partial charge in [-0.3, -0.25) is 0 Å². The fourth-order valence-corrected chi connectivity index (χ4v) is 3.35. The van der Waals surface area contributed by atoms with Gasteiger partial charge in [-0.2, -0.15) is 50.5 Å². The first-order chi connectivity index (χ1) is 8.68. The van der Waals surface area contributed by atoms with Gasteiger partial charge in [-0.1, -0.05) is 25.7 Å². The predicted octanol–water partition coefficient (Wildman–Crippen LogP) is 5.35. The van der Waals surface area contributed by atoms with Crippen LogP contribution in [0.15, 0.2) is 0 Å². The number of unbranched alkanes of at least 4 members (excludes halogenated alkanes) is 4. The minimum absolute atomic E-state index is 0.243. The number of thiol groups is 4. The molecule has 4 heteroatoms. The van der Waals surface area contributed by atoms with E-state index in [1.54, 1.807) is 0 Å². The third-order valence-corrected chi connectivity index (χ3v) is 5.02. The zero-order valence-electron chi connectivity index (χ0n) is 11.5. The van der Waals surface area contributed by atoms with Crippen LogP contribution in [0.3, 0.4) is 0 Å². The van der Waals surface area contributed by atoms with Crippen molar-refractivity contribution in [3.63, 3.8) is 0 Å². The van der Waals surface area contributed by atoms with Crippen LogP contribution in [-0.4, -0.2) is 22.0 Å². The van der Waals surface area contributed by atoms with E-state index in [4.69, 9.17) is 12.6 Å². The Labute approximate surface area is 136 Å². The molecule has 110 valence electrons. The van der Waals surface area contributed by atoms with Crippen molar-refractivity contribution in [2.24, 2.45) is 0 Å². The minimum atomic E-state index is 0.243. The van der Waals surface area contributed by atoms with Gasteiger partial charge in [-0.25, -0.2) is 0 Å². The van der Waals surface area contributed by atoms with Gasteiger partial charge in [0.25, 0.3) is 0 Å². The third-order valence-electron chi connectivity index (χ3n) is 3.40. The summed E-state index contributed by atoms with van der Waals surface area (Å²) in [5, 5.41) is 0. The summed E-state index contributed by atoms with van der Waals surface area (Å²) in [6.45, 7) is 0. The van der Waals surface area contributed by atoms with E-state index >= 15 is 0 Å². The van der Waals surface area contributed by atoms with Gasteiger partial charge in [0.1, 0.15) is 0 Å². The van der Waals surface area contributed by atoms with Gasteiger partial charge in [-0.05, 0) is 55.8 Å². The molecular formula is C14H30S4. The van der Waals surface area contributed by atoms with E-state index < -0.39 is 0 Å². The lowest BCUT2D eigenvalue weighted by atomic mass is 9.90. The maximum atomic E-state index is 4.98. The van der Waals surface area contributed by atoms with Crippen molar-refractivity contribution < 1.29 is 0 Å². The molecule has 0 saturated heterocycles. The lowest BCUT2D eigenvalue weighted by Gasteiger charge is -2.29. The van der Waals surface area contributed by atoms with E-state index in [-0.39, 0.29) is 4.75 Å². The van der Waals surface area contributed by atoms with Gasteiger partial charge in [0.2, 0.25) is 0 Å². The summed E-state index contributed by atoms with van der Waals surface area (Å²) < 4.78 is 0.243. The molecule has 0 aromatic rings. The van der Waals surface area contributed by atoms with Crippen molar-refractivity contribution in [3.05, 3.63) is 0 Å². The van der Waals surface area contributed by atoms with Crippen LogP contribution < -0.4 is 0 Å². The normalized spacial score (nSPS) is 14.7. The highest BCUT2D eigenvalue weighted by atomic mass is 32.1. The molecule has 0 aromatic carbocycles. The Morgan fingerprint density at radius 2 is 0.889 bits per heavy atom. The molecule has 1 unspecified atom stereocenters. The lowest BCUT2D eigenvalue weighted by Crippen LogP contribution is -2.22. The largest absolute Gasteiger partial charge is 0.179 e. The van der Waals surface area contributed by atoms with Crippen molar-refractivity contribution in [3.8, 4) is 0 Å². The molecule has 18 heavy (non-hydrogen) atoms. The number of rotatable bonds is 13. The monoisotopic (exact) mass is 326 g/mol. The summed E-state index contributed by atoms with van der Waals surface area (Å²) in [6.07, 6.45) is 12.6. The van der Waals surface area contributed by atoms with Crippen molar-refractivity contribution in [1.29, 1.82) is 0 Å². The molecular weight excluding hydrogens is 296 g/mol. The highest BCUT2D eigenvalue weighted by Gasteiger charge is 2.23. The van der Waals surface area contributed by atoms with Crippen LogP contribution in [0.2, 0.25) is 0 Å². The molecule has 0 amide bonds. The molecule has 0 fully saturated rings. The highest BCUT2D eigenvalue weighted by molar-refractivity contribution is 7.81. The molecule has 0 radical (unpaired) electrons. The molecule has 0 N–H and O–H groups in total. The molecule has 0 rings (SSSR count). The molecule has 1 atom stereocenters.